The summed E-state index contributed by atoms with van der Waals surface area (Å²) < 4.78 is 10.6. The molecule has 0 saturated heterocycles. The smallest absolute Gasteiger partial charge is 0.408 e. The van der Waals surface area contributed by atoms with E-state index in [9.17, 15) is 4.79 Å². The zero-order chi connectivity index (χ0) is 16.2. The molecule has 2 aromatic rings. The number of alkyl carbamates (subject to hydrolysis) is 1. The molecule has 1 unspecified atom stereocenters. The van der Waals surface area contributed by atoms with Crippen molar-refractivity contribution in [2.45, 2.75) is 38.8 Å². The fraction of sp³-hybridized carbons (Fsp3) is 0.400. The molecule has 1 atom stereocenters. The first-order valence-corrected chi connectivity index (χ1v) is 7.33. The summed E-state index contributed by atoms with van der Waals surface area (Å²) in [6, 6.07) is 9.25. The number of benzene rings is 1. The summed E-state index contributed by atoms with van der Waals surface area (Å²) in [5.74, 6) is 0.319. The summed E-state index contributed by atoms with van der Waals surface area (Å²) in [7, 11) is 0. The Labute approximate surface area is 133 Å². The average Bonchev–Trinajstić information content (AvgIpc) is 2.84. The molecule has 7 heteroatoms. The number of hydrogen-bond donors (Lipinski definition) is 2. The molecule has 0 bridgehead atoms. The number of H-pyrrole nitrogens is 1. The Morgan fingerprint density at radius 3 is 2.64 bits per heavy atom. The number of aromatic amines is 1. The van der Waals surface area contributed by atoms with E-state index in [1.165, 1.54) is 0 Å². The quantitative estimate of drug-likeness (QED) is 0.842. The Kier molecular flexibility index (Phi) is 4.97. The largest absolute Gasteiger partial charge is 0.444 e. The first-order chi connectivity index (χ1) is 10.3. The zero-order valence-corrected chi connectivity index (χ0v) is 13.6. The van der Waals surface area contributed by atoms with Crippen LogP contribution in [0.1, 0.15) is 38.3 Å². The second-order valence-corrected chi connectivity index (χ2v) is 6.21. The summed E-state index contributed by atoms with van der Waals surface area (Å²) in [6.07, 6.45) is -0.0130. The predicted molar refractivity (Wildman–Crippen MR) is 83.9 cm³/mol. The van der Waals surface area contributed by atoms with Crippen LogP contribution in [-0.2, 0) is 11.2 Å². The second-order valence-electron chi connectivity index (χ2n) is 5.84. The Hall–Kier alpha value is -2.15. The van der Waals surface area contributed by atoms with Crippen LogP contribution in [-0.4, -0.2) is 21.9 Å². The Morgan fingerprint density at radius 2 is 2.09 bits per heavy atom. The summed E-state index contributed by atoms with van der Waals surface area (Å²) in [5, 5.41) is 9.33. The highest BCUT2D eigenvalue weighted by molar-refractivity contribution is 7.71. The minimum absolute atomic E-state index is 0.166. The zero-order valence-electron chi connectivity index (χ0n) is 12.8. The van der Waals surface area contributed by atoms with Crippen LogP contribution < -0.4 is 5.32 Å². The van der Waals surface area contributed by atoms with Crippen molar-refractivity contribution < 1.29 is 13.9 Å². The first kappa shape index (κ1) is 16.2. The molecule has 0 spiro atoms. The van der Waals surface area contributed by atoms with Gasteiger partial charge in [-0.05, 0) is 38.6 Å². The fourth-order valence-corrected chi connectivity index (χ4v) is 2.02. The maximum atomic E-state index is 12.0. The van der Waals surface area contributed by atoms with E-state index in [0.717, 1.165) is 5.56 Å². The molecule has 1 aromatic carbocycles. The van der Waals surface area contributed by atoms with Crippen LogP contribution in [0.2, 0.25) is 0 Å². The van der Waals surface area contributed by atoms with Crippen molar-refractivity contribution in [3.8, 4) is 0 Å². The van der Waals surface area contributed by atoms with Crippen LogP contribution >= 0.6 is 12.2 Å². The van der Waals surface area contributed by atoms with Gasteiger partial charge in [-0.3, -0.25) is 0 Å². The van der Waals surface area contributed by atoms with E-state index in [1.807, 2.05) is 30.3 Å². The number of ether oxygens (including phenoxy) is 1. The van der Waals surface area contributed by atoms with Crippen molar-refractivity contribution >= 4 is 18.3 Å². The third-order valence-electron chi connectivity index (χ3n) is 2.73. The molecule has 2 N–H and O–H groups in total. The Balaban J connectivity index is 2.15. The van der Waals surface area contributed by atoms with Gasteiger partial charge in [0.15, 0.2) is 0 Å². The minimum Gasteiger partial charge on any atom is -0.444 e. The van der Waals surface area contributed by atoms with Crippen LogP contribution in [0.15, 0.2) is 34.7 Å². The highest BCUT2D eigenvalue weighted by Gasteiger charge is 2.23. The molecule has 2 rings (SSSR count). The maximum Gasteiger partial charge on any atom is 0.408 e. The van der Waals surface area contributed by atoms with E-state index in [4.69, 9.17) is 21.4 Å². The molecule has 0 aliphatic carbocycles. The number of rotatable bonds is 4. The van der Waals surface area contributed by atoms with Crippen LogP contribution in [0.3, 0.4) is 0 Å². The second kappa shape index (κ2) is 6.74. The topological polar surface area (TPSA) is 80.1 Å². The molecule has 0 saturated carbocycles. The van der Waals surface area contributed by atoms with E-state index in [0.29, 0.717) is 12.3 Å². The number of carbonyl (C=O) groups is 1. The summed E-state index contributed by atoms with van der Waals surface area (Å²) >= 11 is 4.89. The molecule has 6 nitrogen and oxygen atoms in total. The first-order valence-electron chi connectivity index (χ1n) is 6.92. The number of hydrogen-bond acceptors (Lipinski definition) is 5. The van der Waals surface area contributed by atoms with Gasteiger partial charge in [-0.1, -0.05) is 30.3 Å². The molecule has 0 aliphatic heterocycles. The lowest BCUT2D eigenvalue weighted by atomic mass is 10.1. The van der Waals surface area contributed by atoms with E-state index >= 15 is 0 Å². The van der Waals surface area contributed by atoms with Crippen molar-refractivity contribution in [2.24, 2.45) is 0 Å². The average molecular weight is 321 g/mol. The normalized spacial score (nSPS) is 12.7. The molecule has 22 heavy (non-hydrogen) atoms. The van der Waals surface area contributed by atoms with Gasteiger partial charge < -0.3 is 14.5 Å². The fourth-order valence-electron chi connectivity index (χ4n) is 1.89. The molecule has 1 amide bonds. The van der Waals surface area contributed by atoms with Gasteiger partial charge in [-0.15, -0.1) is 5.10 Å². The summed E-state index contributed by atoms with van der Waals surface area (Å²) in [6.45, 7) is 5.41. The Morgan fingerprint density at radius 1 is 1.41 bits per heavy atom. The molecule has 0 radical (unpaired) electrons. The monoisotopic (exact) mass is 321 g/mol. The van der Waals surface area contributed by atoms with Crippen molar-refractivity contribution in [3.05, 3.63) is 46.6 Å². The van der Waals surface area contributed by atoms with Crippen molar-refractivity contribution in [1.29, 1.82) is 0 Å². The number of aromatic nitrogens is 2. The van der Waals surface area contributed by atoms with Crippen molar-refractivity contribution in [1.82, 2.24) is 15.5 Å². The molecular weight excluding hydrogens is 302 g/mol. The number of nitrogens with zero attached hydrogens (tertiary/aromatic N) is 1. The van der Waals surface area contributed by atoms with E-state index in [1.54, 1.807) is 20.8 Å². The molecule has 0 aliphatic rings. The molecule has 1 aromatic heterocycles. The van der Waals surface area contributed by atoms with E-state index in [2.05, 4.69) is 15.5 Å². The van der Waals surface area contributed by atoms with Crippen molar-refractivity contribution in [3.63, 3.8) is 0 Å². The number of carbonyl (C=O) groups excluding carboxylic acids is 1. The minimum atomic E-state index is -0.576. The highest BCUT2D eigenvalue weighted by Crippen LogP contribution is 2.18. The lowest BCUT2D eigenvalue weighted by Crippen LogP contribution is -2.36. The van der Waals surface area contributed by atoms with E-state index < -0.39 is 17.7 Å². The van der Waals surface area contributed by atoms with Crippen LogP contribution in [0.4, 0.5) is 4.79 Å². The van der Waals surface area contributed by atoms with Gasteiger partial charge in [0, 0.05) is 6.42 Å². The van der Waals surface area contributed by atoms with Gasteiger partial charge in [0.25, 0.3) is 4.84 Å². The molecular formula is C15H19N3O3S. The van der Waals surface area contributed by atoms with Crippen LogP contribution in [0, 0.1) is 4.84 Å². The predicted octanol–water partition coefficient (Wildman–Crippen LogP) is 3.54. The third kappa shape index (κ3) is 5.00. The Bertz CT molecular complexity index is 673. The maximum absolute atomic E-state index is 12.0. The van der Waals surface area contributed by atoms with E-state index in [-0.39, 0.29) is 4.84 Å². The summed E-state index contributed by atoms with van der Waals surface area (Å²) in [5.41, 5.74) is 0.459. The lowest BCUT2D eigenvalue weighted by Gasteiger charge is -2.22. The van der Waals surface area contributed by atoms with Crippen LogP contribution in [0.25, 0.3) is 0 Å². The standard InChI is InChI=1S/C15H19N3O3S/c1-15(2,3)21-13(19)16-11(12-17-18-14(22)20-12)9-10-7-5-4-6-8-10/h4-8,11H,9H2,1-3H3,(H,16,19)(H,18,22). The van der Waals surface area contributed by atoms with Gasteiger partial charge in [-0.2, -0.15) is 0 Å². The lowest BCUT2D eigenvalue weighted by molar-refractivity contribution is 0.0495. The highest BCUT2D eigenvalue weighted by atomic mass is 32.1. The van der Waals surface area contributed by atoms with Gasteiger partial charge in [-0.25, -0.2) is 9.89 Å². The SMILES string of the molecule is CC(C)(C)OC(=O)NC(Cc1ccccc1)c1n[nH]c(=S)o1. The molecule has 118 valence electrons. The summed E-state index contributed by atoms with van der Waals surface area (Å²) in [4.78, 5) is 12.2. The molecule has 0 fully saturated rings. The van der Waals surface area contributed by atoms with Gasteiger partial charge in [0.1, 0.15) is 11.6 Å². The third-order valence-corrected chi connectivity index (χ3v) is 2.90. The molecule has 1 heterocycles. The van der Waals surface area contributed by atoms with Crippen molar-refractivity contribution in [2.75, 3.05) is 0 Å². The van der Waals surface area contributed by atoms with Gasteiger partial charge >= 0.3 is 6.09 Å². The van der Waals surface area contributed by atoms with Gasteiger partial charge in [0.2, 0.25) is 5.89 Å². The van der Waals surface area contributed by atoms with Gasteiger partial charge in [0.05, 0.1) is 0 Å². The number of nitrogens with one attached hydrogen (secondary N) is 2. The van der Waals surface area contributed by atoms with Crippen LogP contribution in [0.5, 0.6) is 0 Å². The number of amides is 1.